The summed E-state index contributed by atoms with van der Waals surface area (Å²) < 4.78 is 0. The van der Waals surface area contributed by atoms with E-state index in [-0.39, 0.29) is 5.91 Å². The fourth-order valence-corrected chi connectivity index (χ4v) is 3.08. The summed E-state index contributed by atoms with van der Waals surface area (Å²) in [6, 6.07) is 8.26. The first-order valence-electron chi connectivity index (χ1n) is 8.61. The first-order valence-corrected chi connectivity index (χ1v) is 8.61. The summed E-state index contributed by atoms with van der Waals surface area (Å²) in [5, 5.41) is 3.11. The SMILES string of the molecule is NC(=NCC1CCC1)NCCCC(=O)N1Cc2ccccc2C1. The number of benzene rings is 1. The third kappa shape index (κ3) is 4.24. The van der Waals surface area contributed by atoms with Gasteiger partial charge in [-0.3, -0.25) is 9.79 Å². The lowest BCUT2D eigenvalue weighted by Crippen LogP contribution is -2.34. The predicted molar refractivity (Wildman–Crippen MR) is 91.8 cm³/mol. The molecular formula is C18H26N4O. The number of nitrogens with two attached hydrogens (primary N) is 1. The first kappa shape index (κ1) is 15.8. The van der Waals surface area contributed by atoms with Gasteiger partial charge in [0.25, 0.3) is 0 Å². The molecule has 1 aromatic carbocycles. The predicted octanol–water partition coefficient (Wildman–Crippen LogP) is 2.01. The highest BCUT2D eigenvalue weighted by Gasteiger charge is 2.22. The fraction of sp³-hybridized carbons (Fsp3) is 0.556. The number of hydrogen-bond donors (Lipinski definition) is 2. The van der Waals surface area contributed by atoms with Crippen LogP contribution >= 0.6 is 0 Å². The minimum Gasteiger partial charge on any atom is -0.370 e. The molecule has 0 bridgehead atoms. The Kier molecular flexibility index (Phi) is 5.16. The van der Waals surface area contributed by atoms with Gasteiger partial charge in [-0.1, -0.05) is 30.7 Å². The Balaban J connectivity index is 1.32. The number of nitrogens with one attached hydrogen (secondary N) is 1. The summed E-state index contributed by atoms with van der Waals surface area (Å²) in [5.41, 5.74) is 8.38. The van der Waals surface area contributed by atoms with Gasteiger partial charge in [-0.05, 0) is 36.3 Å². The largest absolute Gasteiger partial charge is 0.370 e. The summed E-state index contributed by atoms with van der Waals surface area (Å²) in [7, 11) is 0. The molecule has 2 aliphatic rings. The molecule has 3 N–H and O–H groups in total. The molecular weight excluding hydrogens is 288 g/mol. The third-order valence-corrected chi connectivity index (χ3v) is 4.81. The number of fused-ring (bicyclic) bond motifs is 1. The Bertz CT molecular complexity index is 555. The molecule has 23 heavy (non-hydrogen) atoms. The highest BCUT2D eigenvalue weighted by Crippen LogP contribution is 2.26. The minimum atomic E-state index is 0.216. The molecule has 1 amide bonds. The quantitative estimate of drug-likeness (QED) is 0.479. The zero-order valence-corrected chi connectivity index (χ0v) is 13.6. The second-order valence-electron chi connectivity index (χ2n) is 6.57. The van der Waals surface area contributed by atoms with Gasteiger partial charge in [0.2, 0.25) is 5.91 Å². The van der Waals surface area contributed by atoms with Crippen molar-refractivity contribution in [3.8, 4) is 0 Å². The molecule has 5 heteroatoms. The average molecular weight is 314 g/mol. The van der Waals surface area contributed by atoms with Crippen LogP contribution in [0.15, 0.2) is 29.3 Å². The van der Waals surface area contributed by atoms with Gasteiger partial charge >= 0.3 is 0 Å². The lowest BCUT2D eigenvalue weighted by Gasteiger charge is -2.23. The van der Waals surface area contributed by atoms with Gasteiger partial charge in [0, 0.05) is 32.6 Å². The van der Waals surface area contributed by atoms with E-state index in [1.165, 1.54) is 30.4 Å². The molecule has 0 unspecified atom stereocenters. The Hall–Kier alpha value is -2.04. The van der Waals surface area contributed by atoms with Crippen molar-refractivity contribution < 1.29 is 4.79 Å². The van der Waals surface area contributed by atoms with E-state index in [4.69, 9.17) is 5.73 Å². The Morgan fingerprint density at radius 1 is 1.26 bits per heavy atom. The van der Waals surface area contributed by atoms with Crippen LogP contribution in [0.2, 0.25) is 0 Å². The molecule has 1 aliphatic carbocycles. The summed E-state index contributed by atoms with van der Waals surface area (Å²) in [4.78, 5) is 18.5. The molecule has 1 fully saturated rings. The van der Waals surface area contributed by atoms with E-state index in [9.17, 15) is 4.79 Å². The minimum absolute atomic E-state index is 0.216. The van der Waals surface area contributed by atoms with Crippen LogP contribution in [0.4, 0.5) is 0 Å². The second kappa shape index (κ2) is 7.49. The lowest BCUT2D eigenvalue weighted by atomic mass is 9.86. The molecule has 3 rings (SSSR count). The fourth-order valence-electron chi connectivity index (χ4n) is 3.08. The average Bonchev–Trinajstić information content (AvgIpc) is 2.94. The Morgan fingerprint density at radius 3 is 2.57 bits per heavy atom. The maximum Gasteiger partial charge on any atom is 0.223 e. The van der Waals surface area contributed by atoms with Gasteiger partial charge in [-0.15, -0.1) is 0 Å². The van der Waals surface area contributed by atoms with Crippen LogP contribution in [0.25, 0.3) is 0 Å². The normalized spacial score (nSPS) is 17.7. The molecule has 1 aliphatic heterocycles. The van der Waals surface area contributed by atoms with Crippen LogP contribution in [-0.2, 0) is 17.9 Å². The number of rotatable bonds is 6. The van der Waals surface area contributed by atoms with Crippen molar-refractivity contribution in [1.82, 2.24) is 10.2 Å². The molecule has 5 nitrogen and oxygen atoms in total. The van der Waals surface area contributed by atoms with Crippen molar-refractivity contribution >= 4 is 11.9 Å². The van der Waals surface area contributed by atoms with Crippen LogP contribution in [0.1, 0.15) is 43.2 Å². The Morgan fingerprint density at radius 2 is 1.96 bits per heavy atom. The van der Waals surface area contributed by atoms with Gasteiger partial charge < -0.3 is 16.0 Å². The summed E-state index contributed by atoms with van der Waals surface area (Å²) in [6.45, 7) is 3.02. The number of nitrogens with zero attached hydrogens (tertiary/aromatic N) is 2. The number of aliphatic imine (C=N–C) groups is 1. The summed E-state index contributed by atoms with van der Waals surface area (Å²) in [5.74, 6) is 1.46. The molecule has 0 spiro atoms. The smallest absolute Gasteiger partial charge is 0.223 e. The maximum absolute atomic E-state index is 12.3. The van der Waals surface area contributed by atoms with Crippen LogP contribution in [0.3, 0.4) is 0 Å². The van der Waals surface area contributed by atoms with E-state index in [0.717, 1.165) is 32.0 Å². The summed E-state index contributed by atoms with van der Waals surface area (Å²) >= 11 is 0. The number of hydrogen-bond acceptors (Lipinski definition) is 2. The van der Waals surface area contributed by atoms with Gasteiger partial charge in [-0.25, -0.2) is 0 Å². The molecule has 1 heterocycles. The topological polar surface area (TPSA) is 70.7 Å². The highest BCUT2D eigenvalue weighted by atomic mass is 16.2. The van der Waals surface area contributed by atoms with Crippen molar-refractivity contribution in [2.75, 3.05) is 13.1 Å². The van der Waals surface area contributed by atoms with Crippen molar-refractivity contribution in [2.24, 2.45) is 16.6 Å². The molecule has 0 atom stereocenters. The molecule has 0 aromatic heterocycles. The number of carbonyl (C=O) groups excluding carboxylic acids is 1. The van der Waals surface area contributed by atoms with E-state index in [2.05, 4.69) is 22.4 Å². The van der Waals surface area contributed by atoms with Crippen molar-refractivity contribution in [3.63, 3.8) is 0 Å². The van der Waals surface area contributed by atoms with Crippen LogP contribution in [0, 0.1) is 5.92 Å². The molecule has 1 saturated carbocycles. The number of guanidine groups is 1. The van der Waals surface area contributed by atoms with Crippen LogP contribution in [-0.4, -0.2) is 29.9 Å². The van der Waals surface area contributed by atoms with Gasteiger partial charge in [0.15, 0.2) is 5.96 Å². The zero-order chi connectivity index (χ0) is 16.1. The van der Waals surface area contributed by atoms with Crippen LogP contribution < -0.4 is 11.1 Å². The van der Waals surface area contributed by atoms with E-state index in [1.54, 1.807) is 0 Å². The number of carbonyl (C=O) groups is 1. The lowest BCUT2D eigenvalue weighted by molar-refractivity contribution is -0.131. The maximum atomic E-state index is 12.3. The highest BCUT2D eigenvalue weighted by molar-refractivity contribution is 5.78. The third-order valence-electron chi connectivity index (χ3n) is 4.81. The van der Waals surface area contributed by atoms with Gasteiger partial charge in [0.1, 0.15) is 0 Å². The van der Waals surface area contributed by atoms with E-state index in [0.29, 0.717) is 18.9 Å². The summed E-state index contributed by atoms with van der Waals surface area (Å²) in [6.07, 6.45) is 5.23. The van der Waals surface area contributed by atoms with E-state index in [1.807, 2.05) is 17.0 Å². The van der Waals surface area contributed by atoms with Gasteiger partial charge in [0.05, 0.1) is 0 Å². The molecule has 0 radical (unpaired) electrons. The van der Waals surface area contributed by atoms with E-state index >= 15 is 0 Å². The van der Waals surface area contributed by atoms with Crippen LogP contribution in [0.5, 0.6) is 0 Å². The second-order valence-corrected chi connectivity index (χ2v) is 6.57. The van der Waals surface area contributed by atoms with E-state index < -0.39 is 0 Å². The monoisotopic (exact) mass is 314 g/mol. The Labute approximate surface area is 138 Å². The van der Waals surface area contributed by atoms with Crippen molar-refractivity contribution in [3.05, 3.63) is 35.4 Å². The molecule has 0 saturated heterocycles. The molecule has 124 valence electrons. The first-order chi connectivity index (χ1) is 11.2. The van der Waals surface area contributed by atoms with Crippen molar-refractivity contribution in [2.45, 2.75) is 45.2 Å². The number of amides is 1. The van der Waals surface area contributed by atoms with Gasteiger partial charge in [-0.2, -0.15) is 0 Å². The molecule has 1 aromatic rings. The van der Waals surface area contributed by atoms with Crippen molar-refractivity contribution in [1.29, 1.82) is 0 Å². The zero-order valence-electron chi connectivity index (χ0n) is 13.6. The standard InChI is InChI=1S/C18H26N4O/c19-18(21-11-14-5-3-6-14)20-10-4-9-17(23)22-12-15-7-1-2-8-16(15)13-22/h1-2,7-8,14H,3-6,9-13H2,(H3,19,20,21).